The summed E-state index contributed by atoms with van der Waals surface area (Å²) in [5.74, 6) is -0.0843. The Morgan fingerprint density at radius 1 is 1.25 bits per heavy atom. The SMILES string of the molecule is CCOC(=O)C1CCN(C(=O)CSc2nc3scc(-c4cccs4)c3c(=O)n2CC)CC1. The van der Waals surface area contributed by atoms with E-state index < -0.39 is 0 Å². The summed E-state index contributed by atoms with van der Waals surface area (Å²) >= 11 is 4.36. The highest BCUT2D eigenvalue weighted by molar-refractivity contribution is 7.99. The standard InChI is InChI=1S/C22H25N3O4S3/c1-3-25-20(27)18-15(16-6-5-11-30-16)12-31-19(18)23-22(25)32-13-17(26)24-9-7-14(8-10-24)21(28)29-4-2/h5-6,11-12,14H,3-4,7-10,13H2,1-2H3. The number of carbonyl (C=O) groups excluding carboxylic acids is 2. The second-order valence-electron chi connectivity index (χ2n) is 7.45. The van der Waals surface area contributed by atoms with Crippen LogP contribution in [0.2, 0.25) is 0 Å². The number of likely N-dealkylation sites (tertiary alicyclic amines) is 1. The smallest absolute Gasteiger partial charge is 0.309 e. The van der Waals surface area contributed by atoms with Gasteiger partial charge in [-0.3, -0.25) is 19.0 Å². The van der Waals surface area contributed by atoms with Gasteiger partial charge in [-0.2, -0.15) is 0 Å². The fourth-order valence-corrected chi connectivity index (χ4v) is 6.62. The van der Waals surface area contributed by atoms with E-state index in [2.05, 4.69) is 0 Å². The molecule has 170 valence electrons. The molecule has 7 nitrogen and oxygen atoms in total. The third-order valence-electron chi connectivity index (χ3n) is 5.55. The number of aromatic nitrogens is 2. The lowest BCUT2D eigenvalue weighted by molar-refractivity contribution is -0.151. The van der Waals surface area contributed by atoms with Gasteiger partial charge in [-0.1, -0.05) is 17.8 Å². The molecule has 3 aromatic rings. The van der Waals surface area contributed by atoms with Crippen LogP contribution in [0.5, 0.6) is 0 Å². The molecule has 0 aromatic carbocycles. The minimum atomic E-state index is -0.170. The molecule has 0 unspecified atom stereocenters. The highest BCUT2D eigenvalue weighted by Crippen LogP contribution is 2.34. The average Bonchev–Trinajstić information content (AvgIpc) is 3.47. The van der Waals surface area contributed by atoms with Crippen molar-refractivity contribution in [2.24, 2.45) is 5.92 Å². The van der Waals surface area contributed by atoms with Gasteiger partial charge in [-0.05, 0) is 38.1 Å². The first-order valence-electron chi connectivity index (χ1n) is 10.7. The lowest BCUT2D eigenvalue weighted by Crippen LogP contribution is -2.41. The summed E-state index contributed by atoms with van der Waals surface area (Å²) in [5.41, 5.74) is 0.865. The highest BCUT2D eigenvalue weighted by atomic mass is 32.2. The first-order valence-corrected chi connectivity index (χ1v) is 13.4. The fourth-order valence-electron chi connectivity index (χ4n) is 3.85. The Labute approximate surface area is 198 Å². The van der Waals surface area contributed by atoms with E-state index in [1.807, 2.05) is 29.8 Å². The Morgan fingerprint density at radius 2 is 2.03 bits per heavy atom. The molecule has 1 aliphatic heterocycles. The van der Waals surface area contributed by atoms with E-state index in [1.54, 1.807) is 27.7 Å². The summed E-state index contributed by atoms with van der Waals surface area (Å²) in [7, 11) is 0. The molecule has 0 spiro atoms. The van der Waals surface area contributed by atoms with Crippen LogP contribution in [0.4, 0.5) is 0 Å². The summed E-state index contributed by atoms with van der Waals surface area (Å²) in [4.78, 5) is 46.2. The van der Waals surface area contributed by atoms with E-state index in [4.69, 9.17) is 9.72 Å². The Kier molecular flexibility index (Phi) is 7.32. The number of piperidine rings is 1. The molecule has 3 aromatic heterocycles. The molecule has 1 saturated heterocycles. The van der Waals surface area contributed by atoms with Crippen LogP contribution in [-0.4, -0.2) is 51.8 Å². The van der Waals surface area contributed by atoms with Crippen molar-refractivity contribution in [2.75, 3.05) is 25.4 Å². The zero-order chi connectivity index (χ0) is 22.7. The van der Waals surface area contributed by atoms with Gasteiger partial charge in [0.1, 0.15) is 4.83 Å². The van der Waals surface area contributed by atoms with Gasteiger partial charge in [0, 0.05) is 35.5 Å². The number of ether oxygens (including phenoxy) is 1. The molecule has 0 aliphatic carbocycles. The second-order valence-corrected chi connectivity index (χ2v) is 10.2. The normalized spacial score (nSPS) is 14.8. The quantitative estimate of drug-likeness (QED) is 0.281. The molecule has 0 N–H and O–H groups in total. The molecule has 4 heterocycles. The molecule has 0 saturated carbocycles. The Hall–Kier alpha value is -2.17. The van der Waals surface area contributed by atoms with Gasteiger partial charge in [-0.25, -0.2) is 4.98 Å². The maximum Gasteiger partial charge on any atom is 0.309 e. The van der Waals surface area contributed by atoms with Gasteiger partial charge in [0.2, 0.25) is 5.91 Å². The Balaban J connectivity index is 1.46. The molecule has 10 heteroatoms. The lowest BCUT2D eigenvalue weighted by Gasteiger charge is -2.30. The number of hydrogen-bond acceptors (Lipinski definition) is 8. The van der Waals surface area contributed by atoms with Crippen LogP contribution < -0.4 is 5.56 Å². The molecule has 32 heavy (non-hydrogen) atoms. The summed E-state index contributed by atoms with van der Waals surface area (Å²) in [6.07, 6.45) is 1.25. The van der Waals surface area contributed by atoms with E-state index in [9.17, 15) is 14.4 Å². The van der Waals surface area contributed by atoms with Gasteiger partial charge in [0.15, 0.2) is 5.16 Å². The molecule has 0 atom stereocenters. The topological polar surface area (TPSA) is 81.5 Å². The zero-order valence-corrected chi connectivity index (χ0v) is 20.5. The average molecular weight is 492 g/mol. The van der Waals surface area contributed by atoms with Crippen LogP contribution in [0.1, 0.15) is 26.7 Å². The number of nitrogens with zero attached hydrogens (tertiary/aromatic N) is 3. The Morgan fingerprint density at radius 3 is 2.69 bits per heavy atom. The van der Waals surface area contributed by atoms with Gasteiger partial charge in [0.25, 0.3) is 5.56 Å². The van der Waals surface area contributed by atoms with Gasteiger partial charge < -0.3 is 9.64 Å². The van der Waals surface area contributed by atoms with E-state index in [-0.39, 0.29) is 29.1 Å². The molecule has 1 amide bonds. The highest BCUT2D eigenvalue weighted by Gasteiger charge is 2.28. The minimum absolute atomic E-state index is 0.000220. The summed E-state index contributed by atoms with van der Waals surface area (Å²) in [6, 6.07) is 3.98. The lowest BCUT2D eigenvalue weighted by atomic mass is 9.97. The molecule has 0 radical (unpaired) electrons. The van der Waals surface area contributed by atoms with Crippen LogP contribution >= 0.6 is 34.4 Å². The zero-order valence-electron chi connectivity index (χ0n) is 18.0. The van der Waals surface area contributed by atoms with Crippen molar-refractivity contribution in [3.8, 4) is 10.4 Å². The molecular weight excluding hydrogens is 466 g/mol. The van der Waals surface area contributed by atoms with E-state index in [1.165, 1.54) is 23.1 Å². The van der Waals surface area contributed by atoms with Crippen molar-refractivity contribution in [2.45, 2.75) is 38.4 Å². The molecule has 0 bridgehead atoms. The number of thiophene rings is 2. The maximum absolute atomic E-state index is 13.2. The number of thioether (sulfide) groups is 1. The first-order chi connectivity index (χ1) is 15.5. The van der Waals surface area contributed by atoms with E-state index >= 15 is 0 Å². The fraction of sp³-hybridized carbons (Fsp3) is 0.455. The van der Waals surface area contributed by atoms with Crippen LogP contribution in [0.3, 0.4) is 0 Å². The first kappa shape index (κ1) is 23.0. The number of fused-ring (bicyclic) bond motifs is 1. The summed E-state index contributed by atoms with van der Waals surface area (Å²) in [5, 5.41) is 5.20. The number of rotatable bonds is 7. The molecule has 1 fully saturated rings. The van der Waals surface area contributed by atoms with Crippen LogP contribution in [0.25, 0.3) is 20.7 Å². The number of esters is 1. The minimum Gasteiger partial charge on any atom is -0.466 e. The van der Waals surface area contributed by atoms with Crippen molar-refractivity contribution in [1.29, 1.82) is 0 Å². The van der Waals surface area contributed by atoms with Crippen LogP contribution in [0.15, 0.2) is 32.8 Å². The third kappa shape index (κ3) is 4.62. The maximum atomic E-state index is 13.2. The Bertz CT molecular complexity index is 1160. The van der Waals surface area contributed by atoms with Crippen molar-refractivity contribution < 1.29 is 14.3 Å². The van der Waals surface area contributed by atoms with Gasteiger partial charge in [0.05, 0.1) is 23.7 Å². The van der Waals surface area contributed by atoms with Gasteiger partial charge in [-0.15, -0.1) is 22.7 Å². The van der Waals surface area contributed by atoms with Crippen molar-refractivity contribution >= 4 is 56.5 Å². The van der Waals surface area contributed by atoms with Crippen molar-refractivity contribution in [3.05, 3.63) is 33.2 Å². The molecule has 1 aliphatic rings. The van der Waals surface area contributed by atoms with Crippen molar-refractivity contribution in [1.82, 2.24) is 14.5 Å². The predicted octanol–water partition coefficient (Wildman–Crippen LogP) is 4.10. The number of carbonyl (C=O) groups is 2. The molecular formula is C22H25N3O4S3. The molecule has 4 rings (SSSR count). The third-order valence-corrected chi connectivity index (χ3v) is 8.29. The summed E-state index contributed by atoms with van der Waals surface area (Å²) in [6.45, 7) is 5.68. The van der Waals surface area contributed by atoms with Crippen LogP contribution in [0, 0.1) is 5.92 Å². The monoisotopic (exact) mass is 491 g/mol. The number of hydrogen-bond donors (Lipinski definition) is 0. The predicted molar refractivity (Wildman–Crippen MR) is 130 cm³/mol. The second kappa shape index (κ2) is 10.2. The summed E-state index contributed by atoms with van der Waals surface area (Å²) < 4.78 is 6.74. The largest absolute Gasteiger partial charge is 0.466 e. The van der Waals surface area contributed by atoms with E-state index in [0.717, 1.165) is 10.4 Å². The van der Waals surface area contributed by atoms with E-state index in [0.29, 0.717) is 54.5 Å². The van der Waals surface area contributed by atoms with Crippen LogP contribution in [-0.2, 0) is 20.9 Å². The van der Waals surface area contributed by atoms with Crippen molar-refractivity contribution in [3.63, 3.8) is 0 Å². The van der Waals surface area contributed by atoms with Gasteiger partial charge >= 0.3 is 5.97 Å². The number of amides is 1.